The second kappa shape index (κ2) is 25.2. The molecule has 3 rings (SSSR count). The van der Waals surface area contributed by atoms with E-state index < -0.39 is 0 Å². The topological polar surface area (TPSA) is 109 Å². The van der Waals surface area contributed by atoms with E-state index in [-0.39, 0.29) is 21.1 Å². The molecule has 0 amide bonds. The van der Waals surface area contributed by atoms with Crippen molar-refractivity contribution < 1.29 is 49.1 Å². The summed E-state index contributed by atoms with van der Waals surface area (Å²) in [5.41, 5.74) is 1.97. The van der Waals surface area contributed by atoms with E-state index in [9.17, 15) is 0 Å². The maximum absolute atomic E-state index is 7.50. The van der Waals surface area contributed by atoms with Crippen LogP contribution in [0.5, 0.6) is 0 Å². The fourth-order valence-corrected chi connectivity index (χ4v) is 3.82. The molecule has 25 heavy (non-hydrogen) atoms. The molecular weight excluding hydrogens is 516 g/mol. The molecule has 6 nitrogen and oxygen atoms in total. The summed E-state index contributed by atoms with van der Waals surface area (Å²) < 4.78 is 43.2. The van der Waals surface area contributed by atoms with Gasteiger partial charge in [-0.2, -0.15) is 0 Å². The maximum atomic E-state index is 7.50. The van der Waals surface area contributed by atoms with Crippen LogP contribution in [0.3, 0.4) is 0 Å². The third-order valence-corrected chi connectivity index (χ3v) is 4.78. The summed E-state index contributed by atoms with van der Waals surface area (Å²) in [4.78, 5) is 0. The van der Waals surface area contributed by atoms with Crippen LogP contribution >= 0.6 is 11.8 Å². The van der Waals surface area contributed by atoms with Crippen molar-refractivity contribution in [1.82, 2.24) is 0 Å². The molecule has 0 spiro atoms. The van der Waals surface area contributed by atoms with Gasteiger partial charge in [0.15, 0.2) is 0 Å². The minimum Gasteiger partial charge on any atom is -0.367 e. The zero-order chi connectivity index (χ0) is 19.4. The summed E-state index contributed by atoms with van der Waals surface area (Å²) in [6, 6.07) is 10.8. The van der Waals surface area contributed by atoms with Gasteiger partial charge in [-0.1, -0.05) is 30.3 Å². The first kappa shape index (κ1) is 31.7. The van der Waals surface area contributed by atoms with E-state index >= 15 is 0 Å². The van der Waals surface area contributed by atoms with E-state index in [1.807, 2.05) is 11.8 Å². The van der Waals surface area contributed by atoms with Gasteiger partial charge in [-0.3, -0.25) is 0 Å². The number of hydrogen-bond donors (Lipinski definition) is 0. The van der Waals surface area contributed by atoms with E-state index in [1.165, 1.54) is 18.4 Å². The van der Waals surface area contributed by atoms with E-state index in [1.54, 1.807) is 0 Å². The largest absolute Gasteiger partial charge is 0.367 e. The Bertz CT molecular complexity index is 477. The molecule has 0 N–H and O–H groups in total. The van der Waals surface area contributed by atoms with Crippen molar-refractivity contribution in [1.29, 1.82) is 0 Å². The normalized spacial score (nSPS) is 20.5. The molecule has 2 saturated heterocycles. The van der Waals surface area contributed by atoms with E-state index in [0.717, 1.165) is 12.5 Å². The third kappa shape index (κ3) is 11.2. The number of hydrogen-bond acceptors (Lipinski definition) is 2. The predicted molar refractivity (Wildman–Crippen MR) is 78.9 cm³/mol. The van der Waals surface area contributed by atoms with Gasteiger partial charge in [0.1, 0.15) is 5.44 Å². The molecule has 0 bridgehead atoms. The molecule has 3 atom stereocenters. The first-order valence-electron chi connectivity index (χ1n) is 6.29. The van der Waals surface area contributed by atoms with Crippen LogP contribution in [0.4, 0.5) is 0 Å². The molecule has 0 aliphatic carbocycles. The van der Waals surface area contributed by atoms with Crippen molar-refractivity contribution in [3.05, 3.63) is 69.1 Å². The van der Waals surface area contributed by atoms with Crippen LogP contribution in [0.15, 0.2) is 30.3 Å². The minimum atomic E-state index is 0. The number of ether oxygens (including phenoxy) is 1. The van der Waals surface area contributed by atoms with Gasteiger partial charge in [-0.25, -0.2) is 0 Å². The second-order valence-corrected chi connectivity index (χ2v) is 5.26. The number of rotatable bonds is 1. The fourth-order valence-electron chi connectivity index (χ4n) is 2.34. The second-order valence-electron chi connectivity index (χ2n) is 4.01. The van der Waals surface area contributed by atoms with Gasteiger partial charge in [-0.15, -0.1) is 11.8 Å². The fraction of sp³-hybridized carbons (Fsp3) is 0.353. The molecule has 0 radical (unpaired) electrons. The van der Waals surface area contributed by atoms with Crippen molar-refractivity contribution in [2.45, 2.75) is 23.5 Å². The van der Waals surface area contributed by atoms with E-state index in [0.29, 0.717) is 10.7 Å². The molecule has 1 aromatic rings. The van der Waals surface area contributed by atoms with Crippen LogP contribution in [-0.2, 0) is 49.1 Å². The Morgan fingerprint density at radius 2 is 1.32 bits per heavy atom. The zero-order valence-electron chi connectivity index (χ0n) is 13.0. The monoisotopic (exact) mass is 530 g/mol. The van der Waals surface area contributed by atoms with Crippen molar-refractivity contribution in [2.24, 2.45) is 5.92 Å². The van der Waals surface area contributed by atoms with Crippen LogP contribution < -0.4 is 0 Å². The van der Waals surface area contributed by atoms with Crippen LogP contribution in [0.25, 0.3) is 0 Å². The molecule has 130 valence electrons. The van der Waals surface area contributed by atoms with Crippen molar-refractivity contribution in [2.75, 3.05) is 6.61 Å². The SMILES string of the molecule is [C-]#[O+].[C-]#[O+].[C-]#[O+].[C-]#[O+].[C-]#[O+].[W].c1ccc([C@@H]2S[C@@H]3OCCC[C@@H]32)cc1. The average Bonchev–Trinajstić information content (AvgIpc) is 2.71. The minimum absolute atomic E-state index is 0. The summed E-state index contributed by atoms with van der Waals surface area (Å²) in [7, 11) is 0. The molecule has 2 aliphatic heterocycles. The maximum Gasteiger partial charge on any atom is 0.107 e. The Labute approximate surface area is 165 Å². The summed E-state index contributed by atoms with van der Waals surface area (Å²) in [6.45, 7) is 23.5. The molecule has 0 unspecified atom stereocenters. The average molecular weight is 530 g/mol. The van der Waals surface area contributed by atoms with Crippen LogP contribution in [0.2, 0.25) is 0 Å². The Balaban J connectivity index is -0.000000176. The predicted octanol–water partition coefficient (Wildman–Crippen LogP) is 3.04. The molecule has 2 fully saturated rings. The molecule has 1 aromatic carbocycles. The number of fused-ring (bicyclic) bond motifs is 1. The molecule has 0 saturated carbocycles. The standard InChI is InChI=1S/C12H14OS.5CO.W/c1-2-5-9(6-3-1)11-10-7-4-8-13-12(10)14-11;5*1-2;/h1-3,5-6,10-12H,4,7-8H2;;;;;;/t10-,11+,12+;;;;;;/m1....../s1. The number of benzene rings is 1. The molecule has 2 heterocycles. The Morgan fingerprint density at radius 1 is 0.840 bits per heavy atom. The van der Waals surface area contributed by atoms with Gasteiger partial charge in [0.2, 0.25) is 0 Å². The van der Waals surface area contributed by atoms with Crippen LogP contribution in [-0.4, -0.2) is 12.0 Å². The third-order valence-electron chi connectivity index (χ3n) is 3.11. The Morgan fingerprint density at radius 3 is 1.76 bits per heavy atom. The summed E-state index contributed by atoms with van der Waals surface area (Å²) >= 11 is 1.99. The molecule has 0 aromatic heterocycles. The Hall–Kier alpha value is -1.08. The van der Waals surface area contributed by atoms with Gasteiger partial charge in [-0.05, 0) is 18.4 Å². The van der Waals surface area contributed by atoms with E-state index in [4.69, 9.17) is 28.0 Å². The first-order chi connectivity index (χ1) is 11.9. The summed E-state index contributed by atoms with van der Waals surface area (Å²) in [6.07, 6.45) is 2.59. The molecular formula is C17H14O6SW. The smallest absolute Gasteiger partial charge is 0.107 e. The Kier molecular flexibility index (Phi) is 31.9. The van der Waals surface area contributed by atoms with Gasteiger partial charge in [0, 0.05) is 38.8 Å². The quantitative estimate of drug-likeness (QED) is 0.411. The van der Waals surface area contributed by atoms with Crippen LogP contribution in [0, 0.1) is 39.2 Å². The molecule has 8 heteroatoms. The number of thioether (sulfide) groups is 1. The van der Waals surface area contributed by atoms with Crippen molar-refractivity contribution in [3.63, 3.8) is 0 Å². The van der Waals surface area contributed by atoms with Gasteiger partial charge >= 0.3 is 56.5 Å². The zero-order valence-corrected chi connectivity index (χ0v) is 16.8. The summed E-state index contributed by atoms with van der Waals surface area (Å²) in [5.74, 6) is 0.774. The molecule has 2 aliphatic rings. The summed E-state index contributed by atoms with van der Waals surface area (Å²) in [5, 5.41) is 0.696. The van der Waals surface area contributed by atoms with Crippen molar-refractivity contribution in [3.8, 4) is 0 Å². The van der Waals surface area contributed by atoms with Gasteiger partial charge < -0.3 is 4.74 Å². The van der Waals surface area contributed by atoms with Crippen LogP contribution in [0.1, 0.15) is 23.7 Å². The van der Waals surface area contributed by atoms with E-state index in [2.05, 4.69) is 63.6 Å². The van der Waals surface area contributed by atoms with Gasteiger partial charge in [0.05, 0.1) is 0 Å². The van der Waals surface area contributed by atoms with Gasteiger partial charge in [0.25, 0.3) is 0 Å². The van der Waals surface area contributed by atoms with Crippen molar-refractivity contribution >= 4 is 11.8 Å². The first-order valence-corrected chi connectivity index (χ1v) is 7.23.